The first kappa shape index (κ1) is 10.4. The first-order valence-corrected chi connectivity index (χ1v) is 5.82. The molecular formula is C11H21NO2. The minimum absolute atomic E-state index is 0.0198. The van der Waals surface area contributed by atoms with Crippen molar-refractivity contribution in [3.05, 3.63) is 0 Å². The molecule has 1 saturated heterocycles. The van der Waals surface area contributed by atoms with E-state index >= 15 is 0 Å². The van der Waals surface area contributed by atoms with Crippen molar-refractivity contribution in [2.75, 3.05) is 19.8 Å². The van der Waals surface area contributed by atoms with Gasteiger partial charge in [0.2, 0.25) is 0 Å². The second-order valence-corrected chi connectivity index (χ2v) is 4.66. The molecule has 2 N–H and O–H groups in total. The van der Waals surface area contributed by atoms with Crippen LogP contribution in [0, 0.1) is 0 Å². The van der Waals surface area contributed by atoms with E-state index in [1.807, 2.05) is 0 Å². The minimum atomic E-state index is 0.0198. The molecule has 1 atom stereocenters. The van der Waals surface area contributed by atoms with Crippen LogP contribution in [-0.4, -0.2) is 36.5 Å². The van der Waals surface area contributed by atoms with Crippen molar-refractivity contribution < 1.29 is 9.84 Å². The van der Waals surface area contributed by atoms with Gasteiger partial charge in [0.05, 0.1) is 12.7 Å². The van der Waals surface area contributed by atoms with Gasteiger partial charge in [-0.25, -0.2) is 0 Å². The standard InChI is InChI=1S/C11H21NO2/c13-9-11(5-1-2-6-11)12-8-10-4-3-7-14-10/h10,12-13H,1-9H2. The Labute approximate surface area is 85.8 Å². The van der Waals surface area contributed by atoms with Crippen LogP contribution in [0.2, 0.25) is 0 Å². The van der Waals surface area contributed by atoms with Crippen LogP contribution in [0.25, 0.3) is 0 Å². The number of hydrogen-bond donors (Lipinski definition) is 2. The van der Waals surface area contributed by atoms with Crippen LogP contribution in [0.3, 0.4) is 0 Å². The Balaban J connectivity index is 1.76. The van der Waals surface area contributed by atoms with E-state index < -0.39 is 0 Å². The molecule has 0 aromatic rings. The zero-order chi connectivity index (χ0) is 9.86. The fraction of sp³-hybridized carbons (Fsp3) is 1.00. The first-order valence-electron chi connectivity index (χ1n) is 5.82. The first-order chi connectivity index (χ1) is 6.85. The summed E-state index contributed by atoms with van der Waals surface area (Å²) in [6.07, 6.45) is 7.50. The van der Waals surface area contributed by atoms with Gasteiger partial charge in [-0.15, -0.1) is 0 Å². The molecule has 1 aliphatic carbocycles. The Morgan fingerprint density at radius 3 is 2.64 bits per heavy atom. The summed E-state index contributed by atoms with van der Waals surface area (Å²) in [7, 11) is 0. The van der Waals surface area contributed by atoms with Gasteiger partial charge in [-0.1, -0.05) is 12.8 Å². The Hall–Kier alpha value is -0.120. The van der Waals surface area contributed by atoms with Crippen LogP contribution < -0.4 is 5.32 Å². The lowest BCUT2D eigenvalue weighted by atomic mass is 9.98. The van der Waals surface area contributed by atoms with Gasteiger partial charge in [0.1, 0.15) is 0 Å². The summed E-state index contributed by atoms with van der Waals surface area (Å²) in [6.45, 7) is 2.11. The average Bonchev–Trinajstić information content (AvgIpc) is 2.87. The molecule has 1 heterocycles. The second-order valence-electron chi connectivity index (χ2n) is 4.66. The molecule has 3 heteroatoms. The lowest BCUT2D eigenvalue weighted by Gasteiger charge is -2.29. The van der Waals surface area contributed by atoms with Crippen molar-refractivity contribution in [1.29, 1.82) is 0 Å². The molecule has 3 nitrogen and oxygen atoms in total. The van der Waals surface area contributed by atoms with Gasteiger partial charge in [-0.2, -0.15) is 0 Å². The van der Waals surface area contributed by atoms with E-state index in [1.54, 1.807) is 0 Å². The Morgan fingerprint density at radius 2 is 2.07 bits per heavy atom. The van der Waals surface area contributed by atoms with E-state index in [4.69, 9.17) is 4.74 Å². The summed E-state index contributed by atoms with van der Waals surface area (Å²) >= 11 is 0. The second kappa shape index (κ2) is 4.60. The maximum Gasteiger partial charge on any atom is 0.0700 e. The molecule has 0 radical (unpaired) electrons. The fourth-order valence-corrected chi connectivity index (χ4v) is 2.58. The molecule has 2 fully saturated rings. The van der Waals surface area contributed by atoms with Crippen molar-refractivity contribution in [2.45, 2.75) is 50.2 Å². The monoisotopic (exact) mass is 199 g/mol. The SMILES string of the molecule is OCC1(NCC2CCCO2)CCCC1. The van der Waals surface area contributed by atoms with Gasteiger partial charge in [0.15, 0.2) is 0 Å². The number of hydrogen-bond acceptors (Lipinski definition) is 3. The van der Waals surface area contributed by atoms with Gasteiger partial charge in [-0.3, -0.25) is 0 Å². The van der Waals surface area contributed by atoms with Crippen molar-refractivity contribution in [3.63, 3.8) is 0 Å². The van der Waals surface area contributed by atoms with Crippen molar-refractivity contribution in [3.8, 4) is 0 Å². The fourth-order valence-electron chi connectivity index (χ4n) is 2.58. The molecular weight excluding hydrogens is 178 g/mol. The van der Waals surface area contributed by atoms with Crippen molar-refractivity contribution in [1.82, 2.24) is 5.32 Å². The Bertz CT molecular complexity index is 172. The Kier molecular flexibility index (Phi) is 3.42. The third kappa shape index (κ3) is 2.27. The number of ether oxygens (including phenoxy) is 1. The number of aliphatic hydroxyl groups is 1. The van der Waals surface area contributed by atoms with Gasteiger partial charge in [0, 0.05) is 18.7 Å². The number of nitrogens with one attached hydrogen (secondary N) is 1. The molecule has 0 amide bonds. The molecule has 0 aromatic carbocycles. The van der Waals surface area contributed by atoms with E-state index in [0.717, 1.165) is 26.0 Å². The normalized spacial score (nSPS) is 31.1. The topological polar surface area (TPSA) is 41.5 Å². The molecule has 2 aliphatic rings. The number of rotatable bonds is 4. The van der Waals surface area contributed by atoms with Crippen LogP contribution in [0.15, 0.2) is 0 Å². The quantitative estimate of drug-likeness (QED) is 0.711. The third-order valence-electron chi connectivity index (χ3n) is 3.59. The molecule has 14 heavy (non-hydrogen) atoms. The summed E-state index contributed by atoms with van der Waals surface area (Å²) < 4.78 is 5.56. The number of aliphatic hydroxyl groups excluding tert-OH is 1. The largest absolute Gasteiger partial charge is 0.394 e. The van der Waals surface area contributed by atoms with Gasteiger partial charge >= 0.3 is 0 Å². The van der Waals surface area contributed by atoms with Crippen LogP contribution in [0.4, 0.5) is 0 Å². The van der Waals surface area contributed by atoms with Gasteiger partial charge < -0.3 is 15.2 Å². The maximum absolute atomic E-state index is 9.39. The average molecular weight is 199 g/mol. The molecule has 1 unspecified atom stereocenters. The molecule has 0 bridgehead atoms. The van der Waals surface area contributed by atoms with Crippen LogP contribution in [0.5, 0.6) is 0 Å². The zero-order valence-corrected chi connectivity index (χ0v) is 8.80. The predicted molar refractivity (Wildman–Crippen MR) is 55.3 cm³/mol. The van der Waals surface area contributed by atoms with E-state index in [0.29, 0.717) is 6.10 Å². The predicted octanol–water partition coefficient (Wildman–Crippen LogP) is 1.06. The lowest BCUT2D eigenvalue weighted by molar-refractivity contribution is 0.0888. The lowest BCUT2D eigenvalue weighted by Crippen LogP contribution is -2.48. The van der Waals surface area contributed by atoms with Crippen molar-refractivity contribution in [2.24, 2.45) is 0 Å². The maximum atomic E-state index is 9.39. The Morgan fingerprint density at radius 1 is 1.29 bits per heavy atom. The minimum Gasteiger partial charge on any atom is -0.394 e. The summed E-state index contributed by atoms with van der Waals surface area (Å²) in [5.41, 5.74) is 0.0198. The molecule has 0 spiro atoms. The molecule has 1 saturated carbocycles. The van der Waals surface area contributed by atoms with E-state index in [2.05, 4.69) is 5.32 Å². The summed E-state index contributed by atoms with van der Waals surface area (Å²) in [5, 5.41) is 12.9. The molecule has 0 aromatic heterocycles. The smallest absolute Gasteiger partial charge is 0.0700 e. The van der Waals surface area contributed by atoms with E-state index in [-0.39, 0.29) is 12.1 Å². The molecule has 2 rings (SSSR count). The van der Waals surface area contributed by atoms with Crippen molar-refractivity contribution >= 4 is 0 Å². The highest BCUT2D eigenvalue weighted by atomic mass is 16.5. The highest BCUT2D eigenvalue weighted by Gasteiger charge is 2.33. The third-order valence-corrected chi connectivity index (χ3v) is 3.59. The van der Waals surface area contributed by atoms with E-state index in [9.17, 15) is 5.11 Å². The molecule has 1 aliphatic heterocycles. The highest BCUT2D eigenvalue weighted by Crippen LogP contribution is 2.29. The van der Waals surface area contributed by atoms with Crippen LogP contribution in [-0.2, 0) is 4.74 Å². The summed E-state index contributed by atoms with van der Waals surface area (Å²) in [4.78, 5) is 0. The zero-order valence-electron chi connectivity index (χ0n) is 8.80. The van der Waals surface area contributed by atoms with Gasteiger partial charge in [0.25, 0.3) is 0 Å². The van der Waals surface area contributed by atoms with Crippen LogP contribution in [0.1, 0.15) is 38.5 Å². The van der Waals surface area contributed by atoms with Crippen LogP contribution >= 0.6 is 0 Å². The van der Waals surface area contributed by atoms with E-state index in [1.165, 1.54) is 25.7 Å². The summed E-state index contributed by atoms with van der Waals surface area (Å²) in [5.74, 6) is 0. The summed E-state index contributed by atoms with van der Waals surface area (Å²) in [6, 6.07) is 0. The molecule has 82 valence electrons. The highest BCUT2D eigenvalue weighted by molar-refractivity contribution is 4.92. The van der Waals surface area contributed by atoms with Gasteiger partial charge in [-0.05, 0) is 25.7 Å².